The molecule has 0 radical (unpaired) electrons. The first-order valence-electron chi connectivity index (χ1n) is 9.12. The van der Waals surface area contributed by atoms with E-state index in [1.807, 2.05) is 40.8 Å². The lowest BCUT2D eigenvalue weighted by molar-refractivity contribution is -0.123. The van der Waals surface area contributed by atoms with E-state index in [9.17, 15) is 9.59 Å². The highest BCUT2D eigenvalue weighted by Crippen LogP contribution is 2.26. The smallest absolute Gasteiger partial charge is 0.257 e. The van der Waals surface area contributed by atoms with Crippen molar-refractivity contribution < 1.29 is 9.59 Å². The molecule has 0 spiro atoms. The largest absolute Gasteiger partial charge is 0.369 e. The summed E-state index contributed by atoms with van der Waals surface area (Å²) in [4.78, 5) is 26.2. The molecule has 1 aromatic carbocycles. The zero-order chi connectivity index (χ0) is 18.8. The summed E-state index contributed by atoms with van der Waals surface area (Å²) < 4.78 is 1.85. The molecular weight excluding hydrogens is 328 g/mol. The average molecular weight is 354 g/mol. The van der Waals surface area contributed by atoms with Crippen LogP contribution in [0.1, 0.15) is 54.2 Å². The Balaban J connectivity index is 1.87. The van der Waals surface area contributed by atoms with Gasteiger partial charge in [0.15, 0.2) is 0 Å². The Kier molecular flexibility index (Phi) is 5.11. The Hall–Kier alpha value is -2.63. The Morgan fingerprint density at radius 3 is 2.31 bits per heavy atom. The van der Waals surface area contributed by atoms with Crippen molar-refractivity contribution in [3.05, 3.63) is 47.3 Å². The Morgan fingerprint density at radius 2 is 1.77 bits per heavy atom. The summed E-state index contributed by atoms with van der Waals surface area (Å²) in [6, 6.07) is 8.11. The molecule has 2 heterocycles. The normalized spacial score (nSPS) is 15.5. The molecule has 2 amide bonds. The van der Waals surface area contributed by atoms with Gasteiger partial charge < -0.3 is 10.6 Å². The minimum absolute atomic E-state index is 0.0185. The number of hydrogen-bond donors (Lipinski definition) is 1. The van der Waals surface area contributed by atoms with Gasteiger partial charge >= 0.3 is 0 Å². The molecular formula is C20H26N4O2. The number of aryl methyl sites for hydroxylation is 1. The molecule has 0 bridgehead atoms. The standard InChI is InChI=1S/C20H26N4O2/c1-13(2)18-17(12-22-24(18)16-6-4-14(3)5-7-16)20(26)23-10-8-15(9-11-23)19(21)25/h4-7,12-13,15H,8-11H2,1-3H3,(H2,21,25). The van der Waals surface area contributed by atoms with Crippen LogP contribution in [0, 0.1) is 12.8 Å². The van der Waals surface area contributed by atoms with Crippen LogP contribution >= 0.6 is 0 Å². The molecule has 138 valence electrons. The molecule has 1 aliphatic rings. The van der Waals surface area contributed by atoms with E-state index in [2.05, 4.69) is 18.9 Å². The lowest BCUT2D eigenvalue weighted by Crippen LogP contribution is -2.42. The third-order valence-electron chi connectivity index (χ3n) is 5.05. The summed E-state index contributed by atoms with van der Waals surface area (Å²) in [5.41, 5.74) is 9.07. The molecule has 6 heteroatoms. The van der Waals surface area contributed by atoms with Crippen molar-refractivity contribution in [2.24, 2.45) is 11.7 Å². The summed E-state index contributed by atoms with van der Waals surface area (Å²) in [6.45, 7) is 7.29. The van der Waals surface area contributed by atoms with Crippen molar-refractivity contribution in [2.75, 3.05) is 13.1 Å². The monoisotopic (exact) mass is 354 g/mol. The predicted octanol–water partition coefficient (Wildman–Crippen LogP) is 2.64. The summed E-state index contributed by atoms with van der Waals surface area (Å²) in [5.74, 6) is -0.262. The number of amides is 2. The highest BCUT2D eigenvalue weighted by atomic mass is 16.2. The summed E-state index contributed by atoms with van der Waals surface area (Å²) in [5, 5.41) is 4.49. The summed E-state index contributed by atoms with van der Waals surface area (Å²) >= 11 is 0. The van der Waals surface area contributed by atoms with E-state index in [1.54, 1.807) is 6.20 Å². The van der Waals surface area contributed by atoms with Gasteiger partial charge in [-0.1, -0.05) is 31.5 Å². The van der Waals surface area contributed by atoms with Crippen LogP contribution in [0.15, 0.2) is 30.5 Å². The Labute approximate surface area is 154 Å². The summed E-state index contributed by atoms with van der Waals surface area (Å²) in [6.07, 6.45) is 2.92. The van der Waals surface area contributed by atoms with E-state index in [1.165, 1.54) is 5.56 Å². The number of carbonyl (C=O) groups is 2. The quantitative estimate of drug-likeness (QED) is 0.916. The number of benzene rings is 1. The van der Waals surface area contributed by atoms with E-state index in [-0.39, 0.29) is 23.7 Å². The van der Waals surface area contributed by atoms with Gasteiger partial charge in [0.25, 0.3) is 5.91 Å². The highest BCUT2D eigenvalue weighted by molar-refractivity contribution is 5.95. The lowest BCUT2D eigenvalue weighted by Gasteiger charge is -2.30. The van der Waals surface area contributed by atoms with Gasteiger partial charge in [0.05, 0.1) is 23.1 Å². The van der Waals surface area contributed by atoms with Crippen molar-refractivity contribution in [1.29, 1.82) is 0 Å². The van der Waals surface area contributed by atoms with Crippen molar-refractivity contribution in [3.63, 3.8) is 0 Å². The van der Waals surface area contributed by atoms with E-state index in [4.69, 9.17) is 5.73 Å². The molecule has 0 atom stereocenters. The molecule has 0 aliphatic carbocycles. The lowest BCUT2D eigenvalue weighted by atomic mass is 9.95. The van der Waals surface area contributed by atoms with Crippen LogP contribution in [0.4, 0.5) is 0 Å². The molecule has 0 saturated carbocycles. The molecule has 1 aromatic heterocycles. The third-order valence-corrected chi connectivity index (χ3v) is 5.05. The first-order valence-corrected chi connectivity index (χ1v) is 9.12. The molecule has 1 saturated heterocycles. The topological polar surface area (TPSA) is 81.2 Å². The van der Waals surface area contributed by atoms with Crippen LogP contribution in [0.2, 0.25) is 0 Å². The number of nitrogens with zero attached hydrogens (tertiary/aromatic N) is 3. The zero-order valence-electron chi connectivity index (χ0n) is 15.6. The fourth-order valence-electron chi connectivity index (χ4n) is 3.51. The van der Waals surface area contributed by atoms with Crippen LogP contribution in [-0.2, 0) is 4.79 Å². The van der Waals surface area contributed by atoms with Crippen molar-refractivity contribution in [3.8, 4) is 5.69 Å². The molecule has 1 aliphatic heterocycles. The van der Waals surface area contributed by atoms with Gasteiger partial charge in [-0.2, -0.15) is 5.10 Å². The molecule has 26 heavy (non-hydrogen) atoms. The minimum atomic E-state index is -0.271. The maximum Gasteiger partial charge on any atom is 0.257 e. The van der Waals surface area contributed by atoms with Gasteiger partial charge in [0.2, 0.25) is 5.91 Å². The minimum Gasteiger partial charge on any atom is -0.369 e. The van der Waals surface area contributed by atoms with E-state index in [0.717, 1.165) is 11.4 Å². The number of aromatic nitrogens is 2. The van der Waals surface area contributed by atoms with Crippen LogP contribution in [-0.4, -0.2) is 39.6 Å². The highest BCUT2D eigenvalue weighted by Gasteiger charge is 2.29. The van der Waals surface area contributed by atoms with Gasteiger partial charge in [-0.15, -0.1) is 0 Å². The van der Waals surface area contributed by atoms with Crippen molar-refractivity contribution in [1.82, 2.24) is 14.7 Å². The van der Waals surface area contributed by atoms with Gasteiger partial charge in [-0.3, -0.25) is 9.59 Å². The molecule has 1 fully saturated rings. The van der Waals surface area contributed by atoms with Crippen molar-refractivity contribution in [2.45, 2.75) is 39.5 Å². The SMILES string of the molecule is Cc1ccc(-n2ncc(C(=O)N3CCC(C(N)=O)CC3)c2C(C)C)cc1. The maximum atomic E-state index is 13.1. The molecule has 3 rings (SSSR count). The van der Waals surface area contributed by atoms with Gasteiger partial charge in [0.1, 0.15) is 0 Å². The number of carbonyl (C=O) groups excluding carboxylic acids is 2. The van der Waals surface area contributed by atoms with E-state index in [0.29, 0.717) is 31.5 Å². The second kappa shape index (κ2) is 7.32. The third kappa shape index (κ3) is 3.49. The average Bonchev–Trinajstić information content (AvgIpc) is 3.07. The van der Waals surface area contributed by atoms with E-state index >= 15 is 0 Å². The maximum absolute atomic E-state index is 13.1. The number of likely N-dealkylation sites (tertiary alicyclic amines) is 1. The molecule has 6 nitrogen and oxygen atoms in total. The summed E-state index contributed by atoms with van der Waals surface area (Å²) in [7, 11) is 0. The van der Waals surface area contributed by atoms with Gasteiger partial charge in [-0.25, -0.2) is 4.68 Å². The fraction of sp³-hybridized carbons (Fsp3) is 0.450. The van der Waals surface area contributed by atoms with Crippen LogP contribution in [0.5, 0.6) is 0 Å². The number of piperidine rings is 1. The van der Waals surface area contributed by atoms with Crippen LogP contribution in [0.3, 0.4) is 0 Å². The van der Waals surface area contributed by atoms with Gasteiger partial charge in [-0.05, 0) is 37.8 Å². The zero-order valence-corrected chi connectivity index (χ0v) is 15.6. The first kappa shape index (κ1) is 18.2. The first-order chi connectivity index (χ1) is 12.4. The predicted molar refractivity (Wildman–Crippen MR) is 100 cm³/mol. The van der Waals surface area contributed by atoms with E-state index < -0.39 is 0 Å². The molecule has 2 N–H and O–H groups in total. The molecule has 2 aromatic rings. The second-order valence-electron chi connectivity index (χ2n) is 7.31. The number of hydrogen-bond acceptors (Lipinski definition) is 3. The number of primary amides is 1. The van der Waals surface area contributed by atoms with Crippen LogP contribution < -0.4 is 5.73 Å². The Bertz CT molecular complexity index is 800. The van der Waals surface area contributed by atoms with Crippen LogP contribution in [0.25, 0.3) is 5.69 Å². The van der Waals surface area contributed by atoms with Crippen molar-refractivity contribution >= 4 is 11.8 Å². The molecule has 0 unspecified atom stereocenters. The Morgan fingerprint density at radius 1 is 1.15 bits per heavy atom. The fourth-order valence-corrected chi connectivity index (χ4v) is 3.51. The number of rotatable bonds is 4. The number of nitrogens with two attached hydrogens (primary N) is 1. The van der Waals surface area contributed by atoms with Gasteiger partial charge in [0, 0.05) is 19.0 Å². The second-order valence-corrected chi connectivity index (χ2v) is 7.31.